The summed E-state index contributed by atoms with van der Waals surface area (Å²) in [5, 5.41) is 16.1. The molecule has 1 atom stereocenters. The number of anilines is 1. The smallest absolute Gasteiger partial charge is 0.407 e. The fourth-order valence-electron chi connectivity index (χ4n) is 4.41. The predicted molar refractivity (Wildman–Crippen MR) is 141 cm³/mol. The van der Waals surface area contributed by atoms with Crippen LogP contribution in [0.15, 0.2) is 36.8 Å². The van der Waals surface area contributed by atoms with Gasteiger partial charge in [0.05, 0.1) is 37.3 Å². The van der Waals surface area contributed by atoms with Crippen LogP contribution in [0.3, 0.4) is 0 Å². The number of nitriles is 1. The molecule has 0 saturated carbocycles. The highest BCUT2D eigenvalue weighted by molar-refractivity contribution is 7.16. The van der Waals surface area contributed by atoms with Gasteiger partial charge in [-0.25, -0.2) is 9.78 Å². The van der Waals surface area contributed by atoms with Crippen LogP contribution >= 0.6 is 11.3 Å². The molecule has 0 spiro atoms. The molecule has 1 aliphatic rings. The third-order valence-electron chi connectivity index (χ3n) is 6.25. The molecule has 2 heterocycles. The summed E-state index contributed by atoms with van der Waals surface area (Å²) in [7, 11) is 1.87. The normalized spacial score (nSPS) is 14.4. The summed E-state index contributed by atoms with van der Waals surface area (Å²) in [4.78, 5) is 30.1. The van der Waals surface area contributed by atoms with E-state index in [1.54, 1.807) is 6.33 Å². The molecule has 3 aromatic rings. The van der Waals surface area contributed by atoms with Crippen molar-refractivity contribution in [2.45, 2.75) is 45.6 Å². The summed E-state index contributed by atoms with van der Waals surface area (Å²) < 4.78 is 12.9. The van der Waals surface area contributed by atoms with Crippen molar-refractivity contribution in [1.29, 1.82) is 5.26 Å². The molecular weight excluding hydrogens is 490 g/mol. The summed E-state index contributed by atoms with van der Waals surface area (Å²) in [6, 6.07) is 9.99. The molecule has 1 unspecified atom stereocenters. The fraction of sp³-hybridized carbons (Fsp3) is 0.407. The minimum absolute atomic E-state index is 0.133. The maximum Gasteiger partial charge on any atom is 0.407 e. The Morgan fingerprint density at radius 1 is 1.32 bits per heavy atom. The van der Waals surface area contributed by atoms with Crippen molar-refractivity contribution >= 4 is 28.3 Å². The van der Waals surface area contributed by atoms with Crippen LogP contribution in [0.2, 0.25) is 0 Å². The highest BCUT2D eigenvalue weighted by Crippen LogP contribution is 2.39. The molecule has 2 N–H and O–H groups in total. The van der Waals surface area contributed by atoms with E-state index in [4.69, 9.17) is 9.47 Å². The number of hydrogen-bond donors (Lipinski definition) is 2. The van der Waals surface area contributed by atoms with Crippen LogP contribution in [0.4, 0.5) is 9.80 Å². The number of carbonyl (C=O) groups excluding carboxylic acids is 2. The van der Waals surface area contributed by atoms with Gasteiger partial charge in [0.25, 0.3) is 0 Å². The number of amides is 2. The molecule has 37 heavy (non-hydrogen) atoms. The first-order chi connectivity index (χ1) is 18.0. The molecule has 2 aromatic heterocycles. The first-order valence-electron chi connectivity index (χ1n) is 12.4. The van der Waals surface area contributed by atoms with Crippen LogP contribution < -0.4 is 15.4 Å². The third kappa shape index (κ3) is 6.89. The number of thiophene rings is 1. The van der Waals surface area contributed by atoms with Crippen molar-refractivity contribution < 1.29 is 19.1 Å². The van der Waals surface area contributed by atoms with Crippen LogP contribution in [-0.2, 0) is 42.4 Å². The Hall–Kier alpha value is -3.84. The number of aromatic nitrogens is 2. The Bertz CT molecular complexity index is 1290. The largest absolute Gasteiger partial charge is 0.494 e. The van der Waals surface area contributed by atoms with E-state index in [1.807, 2.05) is 49.0 Å². The van der Waals surface area contributed by atoms with E-state index >= 15 is 0 Å². The van der Waals surface area contributed by atoms with Gasteiger partial charge in [0.2, 0.25) is 5.91 Å². The lowest BCUT2D eigenvalue weighted by atomic mass is 9.88. The lowest BCUT2D eigenvalue weighted by Gasteiger charge is -2.21. The quantitative estimate of drug-likeness (QED) is 0.409. The number of para-hydroxylation sites is 1. The van der Waals surface area contributed by atoms with Gasteiger partial charge >= 0.3 is 6.09 Å². The molecule has 10 heteroatoms. The molecule has 1 aliphatic carbocycles. The second-order valence-corrected chi connectivity index (χ2v) is 10.1. The molecule has 1 aromatic carbocycles. The molecule has 0 bridgehead atoms. The zero-order chi connectivity index (χ0) is 26.2. The second kappa shape index (κ2) is 12.4. The number of benzene rings is 1. The molecule has 9 nitrogen and oxygen atoms in total. The summed E-state index contributed by atoms with van der Waals surface area (Å²) in [5.41, 5.74) is 3.30. The number of nitrogens with one attached hydrogen (secondary N) is 2. The van der Waals surface area contributed by atoms with E-state index in [0.717, 1.165) is 40.3 Å². The van der Waals surface area contributed by atoms with Crippen molar-refractivity contribution in [3.05, 3.63) is 64.1 Å². The average Bonchev–Trinajstić information content (AvgIpc) is 3.47. The summed E-state index contributed by atoms with van der Waals surface area (Å²) in [6.07, 6.45) is 6.13. The molecule has 4 rings (SSSR count). The Morgan fingerprint density at radius 3 is 2.92 bits per heavy atom. The number of hydrogen-bond acceptors (Lipinski definition) is 7. The number of ether oxygens (including phenoxy) is 2. The van der Waals surface area contributed by atoms with Crippen molar-refractivity contribution in [1.82, 2.24) is 14.9 Å². The standard InChI is InChI=1S/C27H31N5O4S/c1-3-35-23-7-5-4-6-19(23)9-11-25(33)31-26-22(13-28)21-10-8-18(12-24(21)37-26)16-36-27(34)29-14-20-15-32(2)17-30-20/h4-7,15,17-18H,3,8-12,14,16H2,1-2H3,(H,29,34)(H,31,33). The number of carbonyl (C=O) groups is 2. The van der Waals surface area contributed by atoms with Gasteiger partial charge in [0, 0.05) is 24.5 Å². The third-order valence-corrected chi connectivity index (χ3v) is 7.42. The number of nitrogens with zero attached hydrogens (tertiary/aromatic N) is 3. The number of alkyl carbamates (subject to hydrolysis) is 1. The van der Waals surface area contributed by atoms with Crippen molar-refractivity contribution in [2.24, 2.45) is 13.0 Å². The molecule has 2 amide bonds. The fourth-order valence-corrected chi connectivity index (χ4v) is 5.74. The van der Waals surface area contributed by atoms with Crippen molar-refractivity contribution in [2.75, 3.05) is 18.5 Å². The van der Waals surface area contributed by atoms with Gasteiger partial charge in [-0.1, -0.05) is 18.2 Å². The monoisotopic (exact) mass is 521 g/mol. The highest BCUT2D eigenvalue weighted by Gasteiger charge is 2.27. The lowest BCUT2D eigenvalue weighted by molar-refractivity contribution is -0.116. The Morgan fingerprint density at radius 2 is 2.16 bits per heavy atom. The van der Waals surface area contributed by atoms with E-state index in [1.165, 1.54) is 11.3 Å². The molecule has 0 radical (unpaired) electrons. The summed E-state index contributed by atoms with van der Waals surface area (Å²) in [5.74, 6) is 0.823. The molecular formula is C27H31N5O4S. The van der Waals surface area contributed by atoms with Crippen molar-refractivity contribution in [3.8, 4) is 11.8 Å². The van der Waals surface area contributed by atoms with Crippen LogP contribution in [0.1, 0.15) is 47.0 Å². The average molecular weight is 522 g/mol. The van der Waals surface area contributed by atoms with Gasteiger partial charge in [-0.3, -0.25) is 4.79 Å². The van der Waals surface area contributed by atoms with Crippen LogP contribution in [0.5, 0.6) is 5.75 Å². The summed E-state index contributed by atoms with van der Waals surface area (Å²) >= 11 is 1.45. The topological polar surface area (TPSA) is 118 Å². The SMILES string of the molecule is CCOc1ccccc1CCC(=O)Nc1sc2c(c1C#N)CCC(COC(=O)NCc1cn(C)cn1)C2. The Balaban J connectivity index is 1.29. The lowest BCUT2D eigenvalue weighted by Crippen LogP contribution is -2.27. The van der Waals surface area contributed by atoms with Crippen LogP contribution in [-0.4, -0.2) is 34.8 Å². The van der Waals surface area contributed by atoms with Gasteiger partial charge in [-0.05, 0) is 55.7 Å². The first-order valence-corrected chi connectivity index (χ1v) is 13.2. The number of rotatable bonds is 10. The maximum absolute atomic E-state index is 12.7. The maximum atomic E-state index is 12.7. The van der Waals surface area contributed by atoms with E-state index in [0.29, 0.717) is 49.6 Å². The van der Waals surface area contributed by atoms with Crippen molar-refractivity contribution in [3.63, 3.8) is 0 Å². The van der Waals surface area contributed by atoms with E-state index in [-0.39, 0.29) is 11.8 Å². The Kier molecular flexibility index (Phi) is 8.80. The zero-order valence-electron chi connectivity index (χ0n) is 21.1. The molecule has 0 saturated heterocycles. The van der Waals surface area contributed by atoms with Gasteiger partial charge in [-0.2, -0.15) is 5.26 Å². The van der Waals surface area contributed by atoms with Crippen LogP contribution in [0.25, 0.3) is 0 Å². The minimum Gasteiger partial charge on any atom is -0.494 e. The molecule has 0 fully saturated rings. The van der Waals surface area contributed by atoms with Crippen LogP contribution in [0, 0.1) is 17.2 Å². The second-order valence-electron chi connectivity index (χ2n) is 9.00. The highest BCUT2D eigenvalue weighted by atomic mass is 32.1. The number of aryl methyl sites for hydroxylation is 2. The first kappa shape index (κ1) is 26.2. The van der Waals surface area contributed by atoms with E-state index < -0.39 is 6.09 Å². The zero-order valence-corrected chi connectivity index (χ0v) is 21.9. The van der Waals surface area contributed by atoms with E-state index in [2.05, 4.69) is 21.7 Å². The minimum atomic E-state index is -0.473. The van der Waals surface area contributed by atoms with E-state index in [9.17, 15) is 14.9 Å². The Labute approximate surface area is 220 Å². The van der Waals surface area contributed by atoms with Gasteiger partial charge in [0.15, 0.2) is 0 Å². The van der Waals surface area contributed by atoms with Gasteiger partial charge in [0.1, 0.15) is 16.8 Å². The van der Waals surface area contributed by atoms with Gasteiger partial charge < -0.3 is 24.7 Å². The van der Waals surface area contributed by atoms with Gasteiger partial charge in [-0.15, -0.1) is 11.3 Å². The predicted octanol–water partition coefficient (Wildman–Crippen LogP) is 4.35. The number of fused-ring (bicyclic) bond motifs is 1. The molecule has 0 aliphatic heterocycles. The molecule has 194 valence electrons. The number of imidazole rings is 1. The summed E-state index contributed by atoms with van der Waals surface area (Å²) in [6.45, 7) is 3.11.